The molecule has 1 atom stereocenters. The number of likely N-dealkylation sites (tertiary alicyclic amines) is 1. The molecular formula is C20H28N6O. The van der Waals surface area contributed by atoms with Gasteiger partial charge in [0.2, 0.25) is 5.95 Å². The van der Waals surface area contributed by atoms with Gasteiger partial charge in [0.1, 0.15) is 5.82 Å². The van der Waals surface area contributed by atoms with Gasteiger partial charge in [0.25, 0.3) is 0 Å². The number of pyridine rings is 1. The van der Waals surface area contributed by atoms with E-state index in [0.717, 1.165) is 64.1 Å². The zero-order chi connectivity index (χ0) is 18.6. The van der Waals surface area contributed by atoms with E-state index in [0.29, 0.717) is 6.04 Å². The molecule has 2 aromatic heterocycles. The maximum Gasteiger partial charge on any atom is 0.227 e. The van der Waals surface area contributed by atoms with Crippen molar-refractivity contribution in [3.63, 3.8) is 0 Å². The number of anilines is 2. The lowest BCUT2D eigenvalue weighted by Crippen LogP contribution is -2.38. The van der Waals surface area contributed by atoms with Crippen molar-refractivity contribution in [3.05, 3.63) is 41.9 Å². The van der Waals surface area contributed by atoms with E-state index in [2.05, 4.69) is 44.7 Å². The molecule has 2 aliphatic heterocycles. The minimum atomic E-state index is 0.460. The number of rotatable bonds is 5. The first-order valence-corrected chi connectivity index (χ1v) is 9.72. The molecule has 144 valence electrons. The molecule has 0 amide bonds. The van der Waals surface area contributed by atoms with Gasteiger partial charge in [0, 0.05) is 58.2 Å². The van der Waals surface area contributed by atoms with Crippen LogP contribution in [-0.2, 0) is 11.3 Å². The Morgan fingerprint density at radius 1 is 1.15 bits per heavy atom. The number of aryl methyl sites for hydroxylation is 1. The van der Waals surface area contributed by atoms with Crippen LogP contribution < -0.4 is 9.80 Å². The maximum absolute atomic E-state index is 5.43. The highest BCUT2D eigenvalue weighted by molar-refractivity contribution is 5.44. The molecule has 0 spiro atoms. The average Bonchev–Trinajstić information content (AvgIpc) is 3.18. The summed E-state index contributed by atoms with van der Waals surface area (Å²) in [6, 6.07) is 6.60. The predicted octanol–water partition coefficient (Wildman–Crippen LogP) is 1.73. The van der Waals surface area contributed by atoms with Crippen molar-refractivity contribution in [1.82, 2.24) is 19.9 Å². The number of hydrogen-bond acceptors (Lipinski definition) is 7. The molecule has 27 heavy (non-hydrogen) atoms. The first-order chi connectivity index (χ1) is 13.2. The van der Waals surface area contributed by atoms with Gasteiger partial charge in [0.05, 0.1) is 18.9 Å². The van der Waals surface area contributed by atoms with Gasteiger partial charge < -0.3 is 14.5 Å². The van der Waals surface area contributed by atoms with E-state index in [-0.39, 0.29) is 0 Å². The molecule has 0 aliphatic carbocycles. The highest BCUT2D eigenvalue weighted by Gasteiger charge is 2.27. The Kier molecular flexibility index (Phi) is 5.50. The highest BCUT2D eigenvalue weighted by atomic mass is 16.5. The van der Waals surface area contributed by atoms with Crippen LogP contribution in [-0.4, -0.2) is 72.3 Å². The molecule has 0 aromatic carbocycles. The van der Waals surface area contributed by atoms with Crippen molar-refractivity contribution >= 4 is 11.8 Å². The van der Waals surface area contributed by atoms with Crippen molar-refractivity contribution in [2.24, 2.45) is 0 Å². The first-order valence-electron chi connectivity index (χ1n) is 9.72. The van der Waals surface area contributed by atoms with Crippen LogP contribution in [0.5, 0.6) is 0 Å². The average molecular weight is 368 g/mol. The molecule has 7 heteroatoms. The summed E-state index contributed by atoms with van der Waals surface area (Å²) in [4.78, 5) is 20.8. The Morgan fingerprint density at radius 3 is 2.81 bits per heavy atom. The van der Waals surface area contributed by atoms with E-state index in [1.807, 2.05) is 24.5 Å². The molecule has 4 rings (SSSR count). The van der Waals surface area contributed by atoms with E-state index in [1.165, 1.54) is 11.3 Å². The minimum Gasteiger partial charge on any atom is -0.378 e. The fraction of sp³-hybridized carbons (Fsp3) is 0.550. The van der Waals surface area contributed by atoms with Gasteiger partial charge in [-0.05, 0) is 31.0 Å². The van der Waals surface area contributed by atoms with Crippen LogP contribution in [0.2, 0.25) is 0 Å². The van der Waals surface area contributed by atoms with Crippen LogP contribution in [0.1, 0.15) is 17.7 Å². The molecule has 2 aromatic rings. The van der Waals surface area contributed by atoms with Crippen LogP contribution in [0.25, 0.3) is 0 Å². The van der Waals surface area contributed by atoms with Crippen molar-refractivity contribution in [1.29, 1.82) is 0 Å². The lowest BCUT2D eigenvalue weighted by atomic mass is 10.2. The summed E-state index contributed by atoms with van der Waals surface area (Å²) >= 11 is 0. The van der Waals surface area contributed by atoms with E-state index < -0.39 is 0 Å². The fourth-order valence-corrected chi connectivity index (χ4v) is 3.81. The van der Waals surface area contributed by atoms with Gasteiger partial charge in [0.15, 0.2) is 0 Å². The summed E-state index contributed by atoms with van der Waals surface area (Å²) in [6.45, 7) is 8.37. The Morgan fingerprint density at radius 2 is 2.00 bits per heavy atom. The number of aromatic nitrogens is 3. The normalized spacial score (nSPS) is 20.8. The Hall–Kier alpha value is -2.25. The quantitative estimate of drug-likeness (QED) is 0.796. The van der Waals surface area contributed by atoms with E-state index in [1.54, 1.807) is 0 Å². The molecule has 7 nitrogen and oxygen atoms in total. The number of ether oxygens (including phenoxy) is 1. The molecule has 0 radical (unpaired) electrons. The van der Waals surface area contributed by atoms with Gasteiger partial charge in [-0.15, -0.1) is 0 Å². The van der Waals surface area contributed by atoms with Crippen LogP contribution in [0, 0.1) is 6.92 Å². The summed E-state index contributed by atoms with van der Waals surface area (Å²) in [5, 5.41) is 0. The molecular weight excluding hydrogens is 340 g/mol. The smallest absolute Gasteiger partial charge is 0.227 e. The standard InChI is InChI=1S/C20H28N6O/c1-16-4-3-7-21-18(16)15-25-9-6-17(14-25)24(2)19-5-8-22-20(23-19)26-10-12-27-13-11-26/h3-5,7-8,17H,6,9-15H2,1-2H3. The van der Waals surface area contributed by atoms with Gasteiger partial charge >= 0.3 is 0 Å². The van der Waals surface area contributed by atoms with Gasteiger partial charge in [-0.3, -0.25) is 9.88 Å². The lowest BCUT2D eigenvalue weighted by Gasteiger charge is -2.29. The predicted molar refractivity (Wildman–Crippen MR) is 106 cm³/mol. The van der Waals surface area contributed by atoms with Gasteiger partial charge in [-0.25, -0.2) is 4.98 Å². The molecule has 2 fully saturated rings. The van der Waals surface area contributed by atoms with Crippen LogP contribution in [0.3, 0.4) is 0 Å². The molecule has 0 saturated carbocycles. The summed E-state index contributed by atoms with van der Waals surface area (Å²) in [7, 11) is 2.14. The summed E-state index contributed by atoms with van der Waals surface area (Å²) in [5.41, 5.74) is 2.44. The largest absolute Gasteiger partial charge is 0.378 e. The number of hydrogen-bond donors (Lipinski definition) is 0. The molecule has 4 heterocycles. The second kappa shape index (κ2) is 8.19. The molecule has 2 saturated heterocycles. The van der Waals surface area contributed by atoms with E-state index in [4.69, 9.17) is 9.72 Å². The van der Waals surface area contributed by atoms with Crippen LogP contribution >= 0.6 is 0 Å². The summed E-state index contributed by atoms with van der Waals surface area (Å²) in [5.74, 6) is 1.80. The van der Waals surface area contributed by atoms with Gasteiger partial charge in [-0.2, -0.15) is 4.98 Å². The van der Waals surface area contributed by atoms with Crippen molar-refractivity contribution in [3.8, 4) is 0 Å². The molecule has 0 bridgehead atoms. The Bertz CT molecular complexity index is 764. The Labute approximate surface area is 161 Å². The Balaban J connectivity index is 1.40. The highest BCUT2D eigenvalue weighted by Crippen LogP contribution is 2.23. The summed E-state index contributed by atoms with van der Waals surface area (Å²) in [6.07, 6.45) is 4.89. The van der Waals surface area contributed by atoms with E-state index >= 15 is 0 Å². The lowest BCUT2D eigenvalue weighted by molar-refractivity contribution is 0.122. The molecule has 2 aliphatic rings. The summed E-state index contributed by atoms with van der Waals surface area (Å²) < 4.78 is 5.43. The SMILES string of the molecule is Cc1cccnc1CN1CCC(N(C)c2ccnc(N3CCOCC3)n2)C1. The van der Waals surface area contributed by atoms with Crippen LogP contribution in [0.4, 0.5) is 11.8 Å². The maximum atomic E-state index is 5.43. The third-order valence-corrected chi connectivity index (χ3v) is 5.57. The molecule has 0 N–H and O–H groups in total. The number of morpholine rings is 1. The molecule has 1 unspecified atom stereocenters. The fourth-order valence-electron chi connectivity index (χ4n) is 3.81. The monoisotopic (exact) mass is 368 g/mol. The number of likely N-dealkylation sites (N-methyl/N-ethyl adjacent to an activating group) is 1. The van der Waals surface area contributed by atoms with Gasteiger partial charge in [-0.1, -0.05) is 6.07 Å². The number of nitrogens with zero attached hydrogens (tertiary/aromatic N) is 6. The minimum absolute atomic E-state index is 0.460. The second-order valence-electron chi connectivity index (χ2n) is 7.37. The topological polar surface area (TPSA) is 57.6 Å². The van der Waals surface area contributed by atoms with Crippen molar-refractivity contribution < 1.29 is 4.74 Å². The zero-order valence-corrected chi connectivity index (χ0v) is 16.2. The zero-order valence-electron chi connectivity index (χ0n) is 16.2. The third kappa shape index (κ3) is 4.20. The first kappa shape index (κ1) is 18.1. The van der Waals surface area contributed by atoms with Crippen molar-refractivity contribution in [2.75, 3.05) is 56.2 Å². The van der Waals surface area contributed by atoms with E-state index in [9.17, 15) is 0 Å². The van der Waals surface area contributed by atoms with Crippen molar-refractivity contribution in [2.45, 2.75) is 25.9 Å². The third-order valence-electron chi connectivity index (χ3n) is 5.57. The van der Waals surface area contributed by atoms with Crippen LogP contribution in [0.15, 0.2) is 30.6 Å². The second-order valence-corrected chi connectivity index (χ2v) is 7.37.